The van der Waals surface area contributed by atoms with Crippen molar-refractivity contribution in [1.82, 2.24) is 10.2 Å². The molecular formula is C24H37N3O2. The van der Waals surface area contributed by atoms with Crippen molar-refractivity contribution >= 4 is 17.5 Å². The number of piperazine rings is 1. The minimum atomic E-state index is -0.407. The SMILES string of the molecule is O=C(NC1CCCCCCCCCCC1)C(=O)N1CCN(c2ccccc2)CC1. The number of anilines is 1. The molecule has 1 heterocycles. The summed E-state index contributed by atoms with van der Waals surface area (Å²) in [4.78, 5) is 29.3. The fraction of sp³-hybridized carbons (Fsp3) is 0.667. The molecule has 1 saturated carbocycles. The third-order valence-corrected chi connectivity index (χ3v) is 6.32. The van der Waals surface area contributed by atoms with E-state index in [0.29, 0.717) is 13.1 Å². The molecule has 5 nitrogen and oxygen atoms in total. The second-order valence-corrected chi connectivity index (χ2v) is 8.54. The Morgan fingerprint density at radius 2 is 1.24 bits per heavy atom. The quantitative estimate of drug-likeness (QED) is 0.761. The average Bonchev–Trinajstić information content (AvgIpc) is 2.76. The van der Waals surface area contributed by atoms with Crippen LogP contribution in [-0.4, -0.2) is 48.9 Å². The number of nitrogens with one attached hydrogen (secondary N) is 1. The Kier molecular flexibility index (Phi) is 8.84. The van der Waals surface area contributed by atoms with E-state index in [2.05, 4.69) is 22.3 Å². The van der Waals surface area contributed by atoms with Gasteiger partial charge in [-0.1, -0.05) is 76.0 Å². The van der Waals surface area contributed by atoms with Crippen LogP contribution in [-0.2, 0) is 9.59 Å². The molecule has 2 fully saturated rings. The second-order valence-electron chi connectivity index (χ2n) is 8.54. The fourth-order valence-corrected chi connectivity index (χ4v) is 4.50. The maximum absolute atomic E-state index is 12.7. The molecule has 1 N–H and O–H groups in total. The van der Waals surface area contributed by atoms with Gasteiger partial charge in [-0.3, -0.25) is 9.59 Å². The smallest absolute Gasteiger partial charge is 0.312 e. The van der Waals surface area contributed by atoms with Crippen LogP contribution in [0.4, 0.5) is 5.69 Å². The zero-order valence-corrected chi connectivity index (χ0v) is 17.8. The van der Waals surface area contributed by atoms with Crippen LogP contribution in [0.15, 0.2) is 30.3 Å². The zero-order valence-electron chi connectivity index (χ0n) is 17.8. The molecule has 2 amide bonds. The summed E-state index contributed by atoms with van der Waals surface area (Å²) in [5, 5.41) is 3.07. The predicted octanol–water partition coefficient (Wildman–Crippen LogP) is 4.12. The van der Waals surface area contributed by atoms with E-state index in [-0.39, 0.29) is 11.9 Å². The van der Waals surface area contributed by atoms with Crippen molar-refractivity contribution in [2.24, 2.45) is 0 Å². The summed E-state index contributed by atoms with van der Waals surface area (Å²) in [7, 11) is 0. The van der Waals surface area contributed by atoms with Gasteiger partial charge in [0, 0.05) is 37.9 Å². The van der Waals surface area contributed by atoms with E-state index in [9.17, 15) is 9.59 Å². The molecule has 29 heavy (non-hydrogen) atoms. The summed E-state index contributed by atoms with van der Waals surface area (Å²) in [6, 6.07) is 10.4. The fourth-order valence-electron chi connectivity index (χ4n) is 4.50. The van der Waals surface area contributed by atoms with E-state index >= 15 is 0 Å². The number of rotatable bonds is 2. The van der Waals surface area contributed by atoms with E-state index in [1.807, 2.05) is 18.2 Å². The third-order valence-electron chi connectivity index (χ3n) is 6.32. The van der Waals surface area contributed by atoms with Crippen LogP contribution in [0.1, 0.15) is 70.6 Å². The zero-order chi connectivity index (χ0) is 20.3. The highest BCUT2D eigenvalue weighted by Gasteiger charge is 2.27. The van der Waals surface area contributed by atoms with Gasteiger partial charge in [-0.05, 0) is 25.0 Å². The van der Waals surface area contributed by atoms with E-state index in [1.54, 1.807) is 4.90 Å². The molecule has 1 aliphatic carbocycles. The molecule has 1 aromatic rings. The molecule has 3 rings (SSSR count). The van der Waals surface area contributed by atoms with Crippen LogP contribution in [0.2, 0.25) is 0 Å². The highest BCUT2D eigenvalue weighted by molar-refractivity contribution is 6.35. The van der Waals surface area contributed by atoms with Crippen LogP contribution in [0.5, 0.6) is 0 Å². The molecule has 0 bridgehead atoms. The van der Waals surface area contributed by atoms with Gasteiger partial charge in [-0.15, -0.1) is 0 Å². The largest absolute Gasteiger partial charge is 0.368 e. The first-order valence-corrected chi connectivity index (χ1v) is 11.6. The van der Waals surface area contributed by atoms with E-state index in [0.717, 1.165) is 38.8 Å². The summed E-state index contributed by atoms with van der Waals surface area (Å²) in [5.74, 6) is -0.765. The molecule has 0 spiro atoms. The maximum atomic E-state index is 12.7. The Morgan fingerprint density at radius 3 is 1.79 bits per heavy atom. The van der Waals surface area contributed by atoms with Crippen LogP contribution in [0.3, 0.4) is 0 Å². The highest BCUT2D eigenvalue weighted by atomic mass is 16.2. The van der Waals surface area contributed by atoms with Crippen molar-refractivity contribution in [1.29, 1.82) is 0 Å². The van der Waals surface area contributed by atoms with Gasteiger partial charge in [0.2, 0.25) is 0 Å². The van der Waals surface area contributed by atoms with E-state index in [1.165, 1.54) is 50.6 Å². The van der Waals surface area contributed by atoms with Crippen molar-refractivity contribution in [3.8, 4) is 0 Å². The molecule has 0 atom stereocenters. The molecule has 2 aliphatic rings. The predicted molar refractivity (Wildman–Crippen MR) is 118 cm³/mol. The number of hydrogen-bond donors (Lipinski definition) is 1. The second kappa shape index (κ2) is 11.8. The molecule has 160 valence electrons. The lowest BCUT2D eigenvalue weighted by Gasteiger charge is -2.36. The van der Waals surface area contributed by atoms with Gasteiger partial charge in [0.1, 0.15) is 0 Å². The van der Waals surface area contributed by atoms with Crippen molar-refractivity contribution in [3.63, 3.8) is 0 Å². The molecule has 0 unspecified atom stereocenters. The number of benzene rings is 1. The number of carbonyl (C=O) groups is 2. The number of carbonyl (C=O) groups excluding carboxylic acids is 2. The lowest BCUT2D eigenvalue weighted by Crippen LogP contribution is -2.53. The van der Waals surface area contributed by atoms with Gasteiger partial charge in [0.15, 0.2) is 0 Å². The standard InChI is InChI=1S/C24H37N3O2/c28-23(25-21-13-9-6-4-2-1-3-5-7-10-14-21)24(29)27-19-17-26(18-20-27)22-15-11-8-12-16-22/h8,11-12,15-16,21H,1-7,9-10,13-14,17-20H2,(H,25,28). The Labute approximate surface area is 175 Å². The number of hydrogen-bond acceptors (Lipinski definition) is 3. The summed E-state index contributed by atoms with van der Waals surface area (Å²) < 4.78 is 0. The lowest BCUT2D eigenvalue weighted by molar-refractivity contribution is -0.146. The number of nitrogens with zero attached hydrogens (tertiary/aromatic N) is 2. The average molecular weight is 400 g/mol. The third kappa shape index (κ3) is 7.06. The summed E-state index contributed by atoms with van der Waals surface area (Å²) in [6.07, 6.45) is 13.4. The first kappa shape index (κ1) is 21.7. The van der Waals surface area contributed by atoms with Crippen LogP contribution in [0.25, 0.3) is 0 Å². The lowest BCUT2D eigenvalue weighted by atomic mass is 9.98. The summed E-state index contributed by atoms with van der Waals surface area (Å²) in [5.41, 5.74) is 1.18. The highest BCUT2D eigenvalue weighted by Crippen LogP contribution is 2.18. The van der Waals surface area contributed by atoms with Gasteiger partial charge in [-0.25, -0.2) is 0 Å². The first-order valence-electron chi connectivity index (χ1n) is 11.6. The summed E-state index contributed by atoms with van der Waals surface area (Å²) >= 11 is 0. The molecule has 5 heteroatoms. The van der Waals surface area contributed by atoms with Gasteiger partial charge < -0.3 is 15.1 Å². The Hall–Kier alpha value is -2.04. The van der Waals surface area contributed by atoms with Gasteiger partial charge in [0.05, 0.1) is 0 Å². The molecule has 1 aromatic carbocycles. The molecule has 0 radical (unpaired) electrons. The molecular weight excluding hydrogens is 362 g/mol. The van der Waals surface area contributed by atoms with E-state index in [4.69, 9.17) is 0 Å². The van der Waals surface area contributed by atoms with Crippen LogP contribution >= 0.6 is 0 Å². The minimum absolute atomic E-state index is 0.150. The van der Waals surface area contributed by atoms with E-state index < -0.39 is 5.91 Å². The number of para-hydroxylation sites is 1. The Bertz CT molecular complexity index is 614. The monoisotopic (exact) mass is 399 g/mol. The minimum Gasteiger partial charge on any atom is -0.368 e. The van der Waals surface area contributed by atoms with Crippen molar-refractivity contribution in [3.05, 3.63) is 30.3 Å². The van der Waals surface area contributed by atoms with Crippen LogP contribution in [0, 0.1) is 0 Å². The van der Waals surface area contributed by atoms with Gasteiger partial charge >= 0.3 is 11.8 Å². The van der Waals surface area contributed by atoms with Gasteiger partial charge in [-0.2, -0.15) is 0 Å². The first-order chi connectivity index (χ1) is 14.2. The normalized spacial score (nSPS) is 20.4. The van der Waals surface area contributed by atoms with Gasteiger partial charge in [0.25, 0.3) is 0 Å². The van der Waals surface area contributed by atoms with Crippen molar-refractivity contribution in [2.45, 2.75) is 76.7 Å². The van der Waals surface area contributed by atoms with Crippen molar-refractivity contribution < 1.29 is 9.59 Å². The molecule has 0 aromatic heterocycles. The molecule has 1 aliphatic heterocycles. The van der Waals surface area contributed by atoms with Crippen molar-refractivity contribution in [2.75, 3.05) is 31.1 Å². The summed E-state index contributed by atoms with van der Waals surface area (Å²) in [6.45, 7) is 2.75. The Morgan fingerprint density at radius 1 is 0.724 bits per heavy atom. The maximum Gasteiger partial charge on any atom is 0.312 e. The number of amides is 2. The van der Waals surface area contributed by atoms with Crippen LogP contribution < -0.4 is 10.2 Å². The Balaban J connectivity index is 1.45. The molecule has 1 saturated heterocycles. The topological polar surface area (TPSA) is 52.7 Å².